The number of aromatic nitrogens is 1. The van der Waals surface area contributed by atoms with Crippen molar-refractivity contribution >= 4 is 23.2 Å². The van der Waals surface area contributed by atoms with E-state index in [2.05, 4.69) is 12.2 Å². The zero-order valence-corrected chi connectivity index (χ0v) is 10.7. The first-order chi connectivity index (χ1) is 7.06. The van der Waals surface area contributed by atoms with Crippen LogP contribution in [0.1, 0.15) is 12.6 Å². The molecular weight excluding hydrogens is 235 g/mol. The summed E-state index contributed by atoms with van der Waals surface area (Å²) in [5.41, 5.74) is 1.06. The highest BCUT2D eigenvalue weighted by molar-refractivity contribution is 6.41. The molecule has 1 N–H and O–H groups in total. The van der Waals surface area contributed by atoms with Crippen LogP contribution < -0.4 is 5.32 Å². The largest absolute Gasteiger partial charge is 0.383 e. The summed E-state index contributed by atoms with van der Waals surface area (Å²) < 4.78 is 6.90. The summed E-state index contributed by atoms with van der Waals surface area (Å²) in [6.45, 7) is 3.48. The molecule has 0 aliphatic heterocycles. The van der Waals surface area contributed by atoms with Crippen molar-refractivity contribution in [1.82, 2.24) is 9.88 Å². The van der Waals surface area contributed by atoms with Crippen molar-refractivity contribution in [3.8, 4) is 0 Å². The van der Waals surface area contributed by atoms with E-state index in [1.807, 2.05) is 17.7 Å². The Morgan fingerprint density at radius 2 is 2.20 bits per heavy atom. The minimum atomic E-state index is 0.308. The highest BCUT2D eigenvalue weighted by Crippen LogP contribution is 2.24. The van der Waals surface area contributed by atoms with Crippen LogP contribution in [0.25, 0.3) is 0 Å². The minimum absolute atomic E-state index is 0.308. The van der Waals surface area contributed by atoms with Crippen LogP contribution in [-0.4, -0.2) is 24.3 Å². The highest BCUT2D eigenvalue weighted by Gasteiger charge is 2.09. The fourth-order valence-electron chi connectivity index (χ4n) is 1.35. The molecule has 0 spiro atoms. The molecule has 86 valence electrons. The van der Waals surface area contributed by atoms with Gasteiger partial charge in [0.25, 0.3) is 0 Å². The van der Waals surface area contributed by atoms with Crippen molar-refractivity contribution in [1.29, 1.82) is 0 Å². The van der Waals surface area contributed by atoms with Gasteiger partial charge >= 0.3 is 0 Å². The molecule has 3 nitrogen and oxygen atoms in total. The minimum Gasteiger partial charge on any atom is -0.383 e. The monoisotopic (exact) mass is 250 g/mol. The van der Waals surface area contributed by atoms with Crippen LogP contribution >= 0.6 is 23.2 Å². The predicted octanol–water partition coefficient (Wildman–Crippen LogP) is 2.46. The van der Waals surface area contributed by atoms with E-state index in [1.54, 1.807) is 7.11 Å². The average Bonchev–Trinajstić information content (AvgIpc) is 2.43. The van der Waals surface area contributed by atoms with Crippen LogP contribution in [0.3, 0.4) is 0 Å². The Labute approximate surface area is 100 Å². The number of hydrogen-bond donors (Lipinski definition) is 1. The maximum absolute atomic E-state index is 5.95. The predicted molar refractivity (Wildman–Crippen MR) is 63.6 cm³/mol. The van der Waals surface area contributed by atoms with Gasteiger partial charge in [0.2, 0.25) is 0 Å². The van der Waals surface area contributed by atoms with Crippen LogP contribution in [0.2, 0.25) is 10.2 Å². The van der Waals surface area contributed by atoms with Gasteiger partial charge in [0, 0.05) is 32.4 Å². The summed E-state index contributed by atoms with van der Waals surface area (Å²) in [6, 6.07) is 2.18. The normalized spacial score (nSPS) is 13.1. The molecule has 0 bridgehead atoms. The first-order valence-corrected chi connectivity index (χ1v) is 5.53. The number of nitrogens with zero attached hydrogens (tertiary/aromatic N) is 1. The maximum Gasteiger partial charge on any atom is 0.127 e. The van der Waals surface area contributed by atoms with Gasteiger partial charge in [-0.05, 0) is 13.0 Å². The van der Waals surface area contributed by atoms with Crippen molar-refractivity contribution in [3.05, 3.63) is 21.9 Å². The number of hydrogen-bond acceptors (Lipinski definition) is 2. The van der Waals surface area contributed by atoms with Gasteiger partial charge in [-0.15, -0.1) is 0 Å². The summed E-state index contributed by atoms with van der Waals surface area (Å²) in [5, 5.41) is 4.49. The van der Waals surface area contributed by atoms with Crippen LogP contribution in [0.5, 0.6) is 0 Å². The molecule has 0 fully saturated rings. The van der Waals surface area contributed by atoms with E-state index in [0.29, 0.717) is 22.8 Å². The van der Waals surface area contributed by atoms with Gasteiger partial charge in [-0.3, -0.25) is 0 Å². The summed E-state index contributed by atoms with van der Waals surface area (Å²) in [5.74, 6) is 0. The Bertz CT molecular complexity index is 325. The third-order valence-corrected chi connectivity index (χ3v) is 3.11. The lowest BCUT2D eigenvalue weighted by molar-refractivity contribution is 0.171. The number of halogens is 2. The average molecular weight is 251 g/mol. The summed E-state index contributed by atoms with van der Waals surface area (Å²) in [4.78, 5) is 0. The second kappa shape index (κ2) is 5.75. The standard InChI is InChI=1S/C10H16Cl2N2O/c1-7(6-15-3)13-5-8-4-9(11)10(12)14(8)2/h4,7,13H,5-6H2,1-3H3. The van der Waals surface area contributed by atoms with Gasteiger partial charge in [-0.2, -0.15) is 0 Å². The Morgan fingerprint density at radius 1 is 1.53 bits per heavy atom. The molecule has 15 heavy (non-hydrogen) atoms. The van der Waals surface area contributed by atoms with E-state index in [1.165, 1.54) is 0 Å². The lowest BCUT2D eigenvalue weighted by Crippen LogP contribution is -2.30. The van der Waals surface area contributed by atoms with Gasteiger partial charge < -0.3 is 14.6 Å². The first kappa shape index (κ1) is 12.8. The fourth-order valence-corrected chi connectivity index (χ4v) is 1.76. The number of ether oxygens (including phenoxy) is 1. The van der Waals surface area contributed by atoms with Gasteiger partial charge in [0.15, 0.2) is 0 Å². The Balaban J connectivity index is 2.54. The van der Waals surface area contributed by atoms with Crippen molar-refractivity contribution in [2.45, 2.75) is 19.5 Å². The van der Waals surface area contributed by atoms with Crippen molar-refractivity contribution in [2.75, 3.05) is 13.7 Å². The molecule has 0 aliphatic rings. The fraction of sp³-hybridized carbons (Fsp3) is 0.600. The Kier molecular flexibility index (Phi) is 4.93. The molecule has 0 saturated heterocycles. The molecule has 1 heterocycles. The Hall–Kier alpha value is -0.220. The summed E-state index contributed by atoms with van der Waals surface area (Å²) >= 11 is 11.9. The van der Waals surface area contributed by atoms with Crippen LogP contribution in [0.4, 0.5) is 0 Å². The van der Waals surface area contributed by atoms with Crippen molar-refractivity contribution in [2.24, 2.45) is 7.05 Å². The van der Waals surface area contributed by atoms with Gasteiger partial charge in [0.05, 0.1) is 11.6 Å². The molecular formula is C10H16Cl2N2O. The summed E-state index contributed by atoms with van der Waals surface area (Å²) in [6.07, 6.45) is 0. The number of methoxy groups -OCH3 is 1. The van der Waals surface area contributed by atoms with E-state index in [0.717, 1.165) is 12.2 Å². The first-order valence-electron chi connectivity index (χ1n) is 4.78. The van der Waals surface area contributed by atoms with Gasteiger partial charge in [-0.25, -0.2) is 0 Å². The quantitative estimate of drug-likeness (QED) is 0.869. The van der Waals surface area contributed by atoms with Crippen LogP contribution in [0, 0.1) is 0 Å². The second-order valence-corrected chi connectivity index (χ2v) is 4.34. The zero-order chi connectivity index (χ0) is 11.4. The van der Waals surface area contributed by atoms with Crippen LogP contribution in [-0.2, 0) is 18.3 Å². The van der Waals surface area contributed by atoms with Crippen molar-refractivity contribution < 1.29 is 4.74 Å². The molecule has 0 aromatic carbocycles. The SMILES string of the molecule is COCC(C)NCc1cc(Cl)c(Cl)n1C. The lowest BCUT2D eigenvalue weighted by Gasteiger charge is -2.12. The van der Waals surface area contributed by atoms with Crippen molar-refractivity contribution in [3.63, 3.8) is 0 Å². The molecule has 1 rings (SSSR count). The molecule has 0 amide bonds. The second-order valence-electron chi connectivity index (χ2n) is 3.57. The number of rotatable bonds is 5. The van der Waals surface area contributed by atoms with Gasteiger partial charge in [-0.1, -0.05) is 23.2 Å². The molecule has 1 aromatic rings. The molecule has 1 aromatic heterocycles. The molecule has 1 atom stereocenters. The summed E-state index contributed by atoms with van der Waals surface area (Å²) in [7, 11) is 3.58. The van der Waals surface area contributed by atoms with Crippen LogP contribution in [0.15, 0.2) is 6.07 Å². The third kappa shape index (κ3) is 3.38. The molecule has 0 radical (unpaired) electrons. The molecule has 0 aliphatic carbocycles. The third-order valence-electron chi connectivity index (χ3n) is 2.26. The van der Waals surface area contributed by atoms with E-state index in [4.69, 9.17) is 27.9 Å². The topological polar surface area (TPSA) is 26.2 Å². The Morgan fingerprint density at radius 3 is 2.67 bits per heavy atom. The van der Waals surface area contributed by atoms with E-state index in [-0.39, 0.29) is 0 Å². The smallest absolute Gasteiger partial charge is 0.127 e. The number of nitrogens with one attached hydrogen (secondary N) is 1. The zero-order valence-electron chi connectivity index (χ0n) is 9.18. The highest BCUT2D eigenvalue weighted by atomic mass is 35.5. The molecule has 5 heteroatoms. The van der Waals surface area contributed by atoms with E-state index >= 15 is 0 Å². The molecule has 0 saturated carbocycles. The lowest BCUT2D eigenvalue weighted by atomic mass is 10.3. The molecule has 1 unspecified atom stereocenters. The van der Waals surface area contributed by atoms with E-state index in [9.17, 15) is 0 Å². The van der Waals surface area contributed by atoms with Gasteiger partial charge in [0.1, 0.15) is 5.15 Å². The van der Waals surface area contributed by atoms with E-state index < -0.39 is 0 Å². The maximum atomic E-state index is 5.95.